The van der Waals surface area contributed by atoms with Crippen LogP contribution in [0.2, 0.25) is 0 Å². The number of hydrogen-bond donors (Lipinski definition) is 0. The minimum absolute atomic E-state index is 0.0909. The number of ketones is 1. The molecule has 0 fully saturated rings. The molecule has 0 amide bonds. The van der Waals surface area contributed by atoms with Crippen molar-refractivity contribution >= 4 is 5.78 Å². The van der Waals surface area contributed by atoms with E-state index in [1.165, 1.54) is 0 Å². The van der Waals surface area contributed by atoms with E-state index in [0.717, 1.165) is 5.56 Å². The first kappa shape index (κ1) is 9.52. The Bertz CT molecular complexity index is 480. The lowest BCUT2D eigenvalue weighted by atomic mass is 10.1. The minimum atomic E-state index is -0.0909. The molecule has 2 aromatic heterocycles. The fraction of sp³-hybridized carbons (Fsp3) is 0.0833. The van der Waals surface area contributed by atoms with E-state index in [1.807, 2.05) is 13.0 Å². The Labute approximate surface area is 87.8 Å². The van der Waals surface area contributed by atoms with Gasteiger partial charge in [-0.25, -0.2) is 0 Å². The highest BCUT2D eigenvalue weighted by atomic mass is 16.1. The Morgan fingerprint density at radius 1 is 1.27 bits per heavy atom. The summed E-state index contributed by atoms with van der Waals surface area (Å²) in [6.45, 7) is 1.93. The largest absolute Gasteiger partial charge is 0.287 e. The molecule has 0 bridgehead atoms. The van der Waals surface area contributed by atoms with Crippen LogP contribution in [0.1, 0.15) is 21.6 Å². The fourth-order valence-corrected chi connectivity index (χ4v) is 1.31. The van der Waals surface area contributed by atoms with Crippen molar-refractivity contribution in [1.29, 1.82) is 0 Å². The SMILES string of the molecule is Cc1ccnc(C(=O)c2cccnc2)c1. The third-order valence-corrected chi connectivity index (χ3v) is 2.07. The van der Waals surface area contributed by atoms with E-state index in [9.17, 15) is 4.79 Å². The molecule has 2 heterocycles. The average Bonchev–Trinajstić information content (AvgIpc) is 2.29. The summed E-state index contributed by atoms with van der Waals surface area (Å²) in [6.07, 6.45) is 4.83. The Kier molecular flexibility index (Phi) is 2.54. The van der Waals surface area contributed by atoms with E-state index in [4.69, 9.17) is 0 Å². The molecule has 0 radical (unpaired) electrons. The molecular weight excluding hydrogens is 188 g/mol. The molecule has 2 rings (SSSR count). The van der Waals surface area contributed by atoms with Crippen LogP contribution in [0.3, 0.4) is 0 Å². The Morgan fingerprint density at radius 3 is 2.80 bits per heavy atom. The highest BCUT2D eigenvalue weighted by Gasteiger charge is 2.09. The van der Waals surface area contributed by atoms with Gasteiger partial charge in [0.1, 0.15) is 5.69 Å². The van der Waals surface area contributed by atoms with Crippen LogP contribution in [0.5, 0.6) is 0 Å². The van der Waals surface area contributed by atoms with Crippen molar-refractivity contribution in [3.8, 4) is 0 Å². The van der Waals surface area contributed by atoms with Crippen LogP contribution in [0.15, 0.2) is 42.9 Å². The molecule has 0 atom stereocenters. The third kappa shape index (κ3) is 2.07. The van der Waals surface area contributed by atoms with Crippen LogP contribution in [-0.4, -0.2) is 15.8 Å². The monoisotopic (exact) mass is 198 g/mol. The van der Waals surface area contributed by atoms with Crippen LogP contribution >= 0.6 is 0 Å². The summed E-state index contributed by atoms with van der Waals surface area (Å²) >= 11 is 0. The van der Waals surface area contributed by atoms with E-state index >= 15 is 0 Å². The standard InChI is InChI=1S/C12H10N2O/c1-9-4-6-14-11(7-9)12(15)10-3-2-5-13-8-10/h2-8H,1H3. The zero-order chi connectivity index (χ0) is 10.7. The second kappa shape index (κ2) is 4.00. The number of rotatable bonds is 2. The predicted molar refractivity (Wildman–Crippen MR) is 56.6 cm³/mol. The zero-order valence-electron chi connectivity index (χ0n) is 8.34. The van der Waals surface area contributed by atoms with Gasteiger partial charge in [-0.2, -0.15) is 0 Å². The van der Waals surface area contributed by atoms with Crippen molar-refractivity contribution in [3.05, 3.63) is 59.7 Å². The highest BCUT2D eigenvalue weighted by Crippen LogP contribution is 2.07. The molecule has 0 aliphatic heterocycles. The van der Waals surface area contributed by atoms with Crippen LogP contribution in [0.25, 0.3) is 0 Å². The number of aromatic nitrogens is 2. The smallest absolute Gasteiger partial charge is 0.212 e. The van der Waals surface area contributed by atoms with Gasteiger partial charge in [-0.1, -0.05) is 0 Å². The molecule has 0 spiro atoms. The molecule has 0 unspecified atom stereocenters. The van der Waals surface area contributed by atoms with Gasteiger partial charge in [-0.05, 0) is 36.8 Å². The van der Waals surface area contributed by atoms with Gasteiger partial charge in [0.25, 0.3) is 0 Å². The summed E-state index contributed by atoms with van der Waals surface area (Å²) in [5.74, 6) is -0.0909. The van der Waals surface area contributed by atoms with Gasteiger partial charge in [0, 0.05) is 24.2 Å². The molecule has 0 aromatic carbocycles. The van der Waals surface area contributed by atoms with E-state index in [2.05, 4.69) is 9.97 Å². The molecule has 3 heteroatoms. The first-order valence-electron chi connectivity index (χ1n) is 4.65. The second-order valence-corrected chi connectivity index (χ2v) is 3.29. The summed E-state index contributed by atoms with van der Waals surface area (Å²) in [6, 6.07) is 7.11. The second-order valence-electron chi connectivity index (χ2n) is 3.29. The lowest BCUT2D eigenvalue weighted by molar-refractivity contribution is 0.103. The molecule has 3 nitrogen and oxygen atoms in total. The summed E-state index contributed by atoms with van der Waals surface area (Å²) in [4.78, 5) is 19.8. The van der Waals surface area contributed by atoms with Crippen molar-refractivity contribution in [2.75, 3.05) is 0 Å². The normalized spacial score (nSPS) is 9.93. The summed E-state index contributed by atoms with van der Waals surface area (Å²) in [5, 5.41) is 0. The number of pyridine rings is 2. The lowest BCUT2D eigenvalue weighted by Gasteiger charge is -2.00. The van der Waals surface area contributed by atoms with Gasteiger partial charge in [0.05, 0.1) is 0 Å². The van der Waals surface area contributed by atoms with Gasteiger partial charge in [-0.15, -0.1) is 0 Å². The lowest BCUT2D eigenvalue weighted by Crippen LogP contribution is -2.04. The number of carbonyl (C=O) groups is 1. The molecule has 74 valence electrons. The maximum absolute atomic E-state index is 11.9. The molecule has 0 aliphatic rings. The van der Waals surface area contributed by atoms with Crippen molar-refractivity contribution in [2.24, 2.45) is 0 Å². The van der Waals surface area contributed by atoms with Gasteiger partial charge in [-0.3, -0.25) is 14.8 Å². The molecule has 0 saturated carbocycles. The average molecular weight is 198 g/mol. The third-order valence-electron chi connectivity index (χ3n) is 2.07. The first-order chi connectivity index (χ1) is 7.27. The van der Waals surface area contributed by atoms with E-state index < -0.39 is 0 Å². The molecule has 0 N–H and O–H groups in total. The van der Waals surface area contributed by atoms with Crippen LogP contribution in [0.4, 0.5) is 0 Å². The summed E-state index contributed by atoms with van der Waals surface area (Å²) in [7, 11) is 0. The maximum Gasteiger partial charge on any atom is 0.212 e. The van der Waals surface area contributed by atoms with Gasteiger partial charge >= 0.3 is 0 Å². The number of hydrogen-bond acceptors (Lipinski definition) is 3. The number of aryl methyl sites for hydroxylation is 1. The molecule has 2 aromatic rings. The quantitative estimate of drug-likeness (QED) is 0.693. The molecule has 0 saturated heterocycles. The van der Waals surface area contributed by atoms with E-state index in [1.54, 1.807) is 36.8 Å². The topological polar surface area (TPSA) is 42.9 Å². The van der Waals surface area contributed by atoms with E-state index in [-0.39, 0.29) is 5.78 Å². The molecule has 0 aliphatic carbocycles. The minimum Gasteiger partial charge on any atom is -0.287 e. The van der Waals surface area contributed by atoms with Crippen LogP contribution in [0, 0.1) is 6.92 Å². The predicted octanol–water partition coefficient (Wildman–Crippen LogP) is 2.02. The molecule has 15 heavy (non-hydrogen) atoms. The van der Waals surface area contributed by atoms with Gasteiger partial charge < -0.3 is 0 Å². The van der Waals surface area contributed by atoms with Crippen molar-refractivity contribution in [2.45, 2.75) is 6.92 Å². The number of nitrogens with zero attached hydrogens (tertiary/aromatic N) is 2. The van der Waals surface area contributed by atoms with Gasteiger partial charge in [0.2, 0.25) is 5.78 Å². The van der Waals surface area contributed by atoms with Gasteiger partial charge in [0.15, 0.2) is 0 Å². The first-order valence-corrected chi connectivity index (χ1v) is 4.65. The van der Waals surface area contributed by atoms with E-state index in [0.29, 0.717) is 11.3 Å². The summed E-state index contributed by atoms with van der Waals surface area (Å²) in [5.41, 5.74) is 2.05. The Hall–Kier alpha value is -2.03. The fourth-order valence-electron chi connectivity index (χ4n) is 1.31. The van der Waals surface area contributed by atoms with Crippen molar-refractivity contribution in [3.63, 3.8) is 0 Å². The highest BCUT2D eigenvalue weighted by molar-refractivity contribution is 6.07. The number of carbonyl (C=O) groups excluding carboxylic acids is 1. The maximum atomic E-state index is 11.9. The summed E-state index contributed by atoms with van der Waals surface area (Å²) < 4.78 is 0. The van der Waals surface area contributed by atoms with Crippen molar-refractivity contribution < 1.29 is 4.79 Å². The Morgan fingerprint density at radius 2 is 2.13 bits per heavy atom. The van der Waals surface area contributed by atoms with Crippen LogP contribution in [-0.2, 0) is 0 Å². The van der Waals surface area contributed by atoms with Crippen LogP contribution < -0.4 is 0 Å². The van der Waals surface area contributed by atoms with Crippen molar-refractivity contribution in [1.82, 2.24) is 9.97 Å². The Balaban J connectivity index is 2.37. The molecular formula is C12H10N2O. The zero-order valence-corrected chi connectivity index (χ0v) is 8.34.